The summed E-state index contributed by atoms with van der Waals surface area (Å²) >= 11 is 0. The van der Waals surface area contributed by atoms with Crippen molar-refractivity contribution in [3.63, 3.8) is 0 Å². The van der Waals surface area contributed by atoms with E-state index in [4.69, 9.17) is 5.73 Å². The van der Waals surface area contributed by atoms with Gasteiger partial charge in [-0.1, -0.05) is 20.8 Å². The highest BCUT2D eigenvalue weighted by Crippen LogP contribution is 2.32. The molecule has 2 aliphatic heterocycles. The molecule has 2 rings (SSSR count). The van der Waals surface area contributed by atoms with Gasteiger partial charge in [0.25, 0.3) is 0 Å². The summed E-state index contributed by atoms with van der Waals surface area (Å²) in [5, 5.41) is 3.48. The van der Waals surface area contributed by atoms with Gasteiger partial charge in [-0.25, -0.2) is 0 Å². The van der Waals surface area contributed by atoms with Gasteiger partial charge < -0.3 is 16.0 Å². The first kappa shape index (κ1) is 18.5. The number of likely N-dealkylation sites (tertiary alicyclic amines) is 1. The number of hydrogen-bond donors (Lipinski definition) is 2. The summed E-state index contributed by atoms with van der Waals surface area (Å²) in [6.45, 7) is 13.0. The van der Waals surface area contributed by atoms with Gasteiger partial charge in [0.2, 0.25) is 0 Å². The quantitative estimate of drug-likeness (QED) is 0.818. The van der Waals surface area contributed by atoms with Crippen LogP contribution in [0.1, 0.15) is 33.6 Å². The zero-order valence-corrected chi connectivity index (χ0v) is 13.5. The molecule has 2 heterocycles. The summed E-state index contributed by atoms with van der Waals surface area (Å²) < 4.78 is 0. The van der Waals surface area contributed by atoms with Crippen LogP contribution in [0.3, 0.4) is 0 Å². The third-order valence-corrected chi connectivity index (χ3v) is 4.45. The highest BCUT2D eigenvalue weighted by molar-refractivity contribution is 5.85. The van der Waals surface area contributed by atoms with Gasteiger partial charge in [0, 0.05) is 25.7 Å². The third kappa shape index (κ3) is 4.24. The van der Waals surface area contributed by atoms with E-state index < -0.39 is 0 Å². The van der Waals surface area contributed by atoms with Crippen molar-refractivity contribution in [3.8, 4) is 0 Å². The Morgan fingerprint density at radius 3 is 2.44 bits per heavy atom. The third-order valence-electron chi connectivity index (χ3n) is 4.45. The van der Waals surface area contributed by atoms with Crippen molar-refractivity contribution in [2.24, 2.45) is 16.6 Å². The fourth-order valence-corrected chi connectivity index (χ4v) is 3.16. The molecule has 0 spiro atoms. The zero-order valence-electron chi connectivity index (χ0n) is 11.9. The predicted octanol–water partition coefficient (Wildman–Crippen LogP) is 1.89. The van der Waals surface area contributed by atoms with Gasteiger partial charge in [0.15, 0.2) is 0 Å². The highest BCUT2D eigenvalue weighted by atomic mass is 35.5. The van der Waals surface area contributed by atoms with E-state index in [-0.39, 0.29) is 30.2 Å². The van der Waals surface area contributed by atoms with Gasteiger partial charge in [-0.05, 0) is 36.8 Å². The summed E-state index contributed by atoms with van der Waals surface area (Å²) in [5.74, 6) is 0. The van der Waals surface area contributed by atoms with Crippen molar-refractivity contribution in [2.45, 2.75) is 39.7 Å². The van der Waals surface area contributed by atoms with E-state index in [1.54, 1.807) is 0 Å². The molecule has 0 aromatic rings. The van der Waals surface area contributed by atoms with Gasteiger partial charge in [0.05, 0.1) is 0 Å². The molecule has 0 aliphatic carbocycles. The lowest BCUT2D eigenvalue weighted by molar-refractivity contribution is 0.0650. The average molecular weight is 298 g/mol. The lowest BCUT2D eigenvalue weighted by atomic mass is 9.78. The molecule has 3 nitrogen and oxygen atoms in total. The van der Waals surface area contributed by atoms with Crippen LogP contribution in [0, 0.1) is 10.8 Å². The Bertz CT molecular complexity index is 253. The van der Waals surface area contributed by atoms with E-state index in [1.165, 1.54) is 32.6 Å². The van der Waals surface area contributed by atoms with Crippen LogP contribution in [0.2, 0.25) is 0 Å². The highest BCUT2D eigenvalue weighted by Gasteiger charge is 2.37. The number of rotatable bonds is 2. The monoisotopic (exact) mass is 297 g/mol. The summed E-state index contributed by atoms with van der Waals surface area (Å²) in [7, 11) is 0. The molecule has 0 bridgehead atoms. The smallest absolute Gasteiger partial charge is 0.0115 e. The van der Waals surface area contributed by atoms with Crippen LogP contribution in [0.15, 0.2) is 0 Å². The Morgan fingerprint density at radius 1 is 1.28 bits per heavy atom. The summed E-state index contributed by atoms with van der Waals surface area (Å²) in [4.78, 5) is 2.62. The maximum atomic E-state index is 6.18. The summed E-state index contributed by atoms with van der Waals surface area (Å²) in [6.07, 6.45) is 2.46. The molecule has 0 saturated carbocycles. The molecular formula is C13H29Cl2N3. The molecule has 0 radical (unpaired) electrons. The van der Waals surface area contributed by atoms with Gasteiger partial charge in [-0.15, -0.1) is 24.8 Å². The van der Waals surface area contributed by atoms with Crippen LogP contribution in [0.4, 0.5) is 0 Å². The second-order valence-electron chi connectivity index (χ2n) is 6.83. The lowest BCUT2D eigenvalue weighted by Gasteiger charge is -2.45. The molecule has 18 heavy (non-hydrogen) atoms. The topological polar surface area (TPSA) is 41.3 Å². The molecule has 0 aromatic heterocycles. The number of piperidine rings is 1. The normalized spacial score (nSPS) is 35.7. The standard InChI is InChI=1S/C13H27N3.2ClH/c1-12(2)9-16(7-4-11(12)14)10-13(3)5-6-15-8-13;;/h11,15H,4-10,14H2,1-3H3;2*1H. The van der Waals surface area contributed by atoms with E-state index in [1.807, 2.05) is 0 Å². The molecule has 2 unspecified atom stereocenters. The summed E-state index contributed by atoms with van der Waals surface area (Å²) in [6, 6.07) is 0.373. The molecule has 2 atom stereocenters. The van der Waals surface area contributed by atoms with Gasteiger partial charge >= 0.3 is 0 Å². The van der Waals surface area contributed by atoms with Crippen molar-refractivity contribution >= 4 is 24.8 Å². The second-order valence-corrected chi connectivity index (χ2v) is 6.83. The molecule has 0 aromatic carbocycles. The Morgan fingerprint density at radius 2 is 1.94 bits per heavy atom. The Balaban J connectivity index is 0.00000144. The van der Waals surface area contributed by atoms with E-state index in [9.17, 15) is 0 Å². The minimum absolute atomic E-state index is 0. The first-order valence-corrected chi connectivity index (χ1v) is 6.60. The van der Waals surface area contributed by atoms with Crippen molar-refractivity contribution < 1.29 is 0 Å². The Labute approximate surface area is 124 Å². The van der Waals surface area contributed by atoms with Crippen LogP contribution in [-0.4, -0.2) is 43.7 Å². The first-order valence-electron chi connectivity index (χ1n) is 6.60. The van der Waals surface area contributed by atoms with Crippen molar-refractivity contribution in [2.75, 3.05) is 32.7 Å². The minimum Gasteiger partial charge on any atom is -0.327 e. The molecular weight excluding hydrogens is 269 g/mol. The maximum Gasteiger partial charge on any atom is 0.0115 e. The van der Waals surface area contributed by atoms with Gasteiger partial charge in [-0.3, -0.25) is 0 Å². The molecule has 2 aliphatic rings. The molecule has 110 valence electrons. The SMILES string of the molecule is CC1(CN2CCC(N)C(C)(C)C2)CCNC1.Cl.Cl. The molecule has 5 heteroatoms. The zero-order chi connectivity index (χ0) is 11.8. The first-order chi connectivity index (χ1) is 7.41. The van der Waals surface area contributed by atoms with Crippen molar-refractivity contribution in [1.82, 2.24) is 10.2 Å². The molecule has 3 N–H and O–H groups in total. The van der Waals surface area contributed by atoms with E-state index in [0.29, 0.717) is 11.5 Å². The summed E-state index contributed by atoms with van der Waals surface area (Å²) in [5.41, 5.74) is 6.94. The Hall–Kier alpha value is 0.460. The number of hydrogen-bond acceptors (Lipinski definition) is 3. The predicted molar refractivity (Wildman–Crippen MR) is 82.9 cm³/mol. The average Bonchev–Trinajstić information content (AvgIpc) is 2.58. The van der Waals surface area contributed by atoms with Crippen LogP contribution >= 0.6 is 24.8 Å². The van der Waals surface area contributed by atoms with E-state index in [0.717, 1.165) is 13.0 Å². The maximum absolute atomic E-state index is 6.18. The molecule has 2 saturated heterocycles. The van der Waals surface area contributed by atoms with Crippen molar-refractivity contribution in [1.29, 1.82) is 0 Å². The Kier molecular flexibility index (Phi) is 6.93. The van der Waals surface area contributed by atoms with E-state index in [2.05, 4.69) is 31.0 Å². The minimum atomic E-state index is 0. The number of halogens is 2. The van der Waals surface area contributed by atoms with Gasteiger partial charge in [0.1, 0.15) is 0 Å². The second kappa shape index (κ2) is 6.76. The van der Waals surface area contributed by atoms with Crippen LogP contribution in [-0.2, 0) is 0 Å². The fourth-order valence-electron chi connectivity index (χ4n) is 3.16. The van der Waals surface area contributed by atoms with Crippen LogP contribution in [0.5, 0.6) is 0 Å². The largest absolute Gasteiger partial charge is 0.327 e. The van der Waals surface area contributed by atoms with Crippen LogP contribution < -0.4 is 11.1 Å². The number of nitrogens with one attached hydrogen (secondary N) is 1. The number of nitrogens with zero attached hydrogens (tertiary/aromatic N) is 1. The van der Waals surface area contributed by atoms with Gasteiger partial charge in [-0.2, -0.15) is 0 Å². The van der Waals surface area contributed by atoms with Crippen LogP contribution in [0.25, 0.3) is 0 Å². The number of nitrogens with two attached hydrogens (primary N) is 1. The lowest BCUT2D eigenvalue weighted by Crippen LogP contribution is -2.54. The van der Waals surface area contributed by atoms with E-state index >= 15 is 0 Å². The molecule has 0 amide bonds. The fraction of sp³-hybridized carbons (Fsp3) is 1.00. The molecule has 2 fully saturated rings. The van der Waals surface area contributed by atoms with Crippen molar-refractivity contribution in [3.05, 3.63) is 0 Å².